The molecule has 140 valence electrons. The molecule has 0 amide bonds. The fourth-order valence-corrected chi connectivity index (χ4v) is 3.08. The molecule has 0 radical (unpaired) electrons. The van der Waals surface area contributed by atoms with Gasteiger partial charge in [0.2, 0.25) is 0 Å². The third-order valence-corrected chi connectivity index (χ3v) is 5.63. The van der Waals surface area contributed by atoms with Gasteiger partial charge in [-0.2, -0.15) is 0 Å². The van der Waals surface area contributed by atoms with Crippen LogP contribution in [0.1, 0.15) is 57.5 Å². The molecule has 0 spiro atoms. The molecule has 0 bridgehead atoms. The van der Waals surface area contributed by atoms with Crippen LogP contribution in [0.25, 0.3) is 6.08 Å². The zero-order valence-corrected chi connectivity index (χ0v) is 16.8. The summed E-state index contributed by atoms with van der Waals surface area (Å²) < 4.78 is 26.7. The van der Waals surface area contributed by atoms with Gasteiger partial charge in [0, 0.05) is 18.2 Å². The zero-order valence-electron chi connectivity index (χ0n) is 16.0. The first-order valence-corrected chi connectivity index (χ1v) is 9.42. The fourth-order valence-electron chi connectivity index (χ4n) is 2.49. The first-order valence-electron chi connectivity index (χ1n) is 8.43. The van der Waals surface area contributed by atoms with Crippen molar-refractivity contribution in [3.8, 4) is 0 Å². The molecule has 1 aliphatic heterocycles. The molecule has 1 aliphatic rings. The molecular formula is C19H24BFO4S. The first kappa shape index (κ1) is 20.9. The third-order valence-electron chi connectivity index (χ3n) is 4.75. The van der Waals surface area contributed by atoms with E-state index < -0.39 is 24.1 Å². The molecule has 1 saturated heterocycles. The number of hydrogen-bond acceptors (Lipinski definition) is 5. The van der Waals surface area contributed by atoms with E-state index in [1.807, 2.05) is 27.7 Å². The average molecular weight is 378 g/mol. The highest BCUT2D eigenvalue weighted by atomic mass is 32.2. The van der Waals surface area contributed by atoms with Crippen molar-refractivity contribution in [2.45, 2.75) is 52.7 Å². The summed E-state index contributed by atoms with van der Waals surface area (Å²) in [7, 11) is -0.688. The van der Waals surface area contributed by atoms with Gasteiger partial charge in [0.25, 0.3) is 0 Å². The van der Waals surface area contributed by atoms with Crippen LogP contribution in [0.5, 0.6) is 0 Å². The topological polar surface area (TPSA) is 52.6 Å². The third kappa shape index (κ3) is 4.45. The van der Waals surface area contributed by atoms with E-state index in [2.05, 4.69) is 0 Å². The minimum atomic E-state index is -0.688. The lowest BCUT2D eigenvalue weighted by molar-refractivity contribution is -0.109. The number of carbonyl (C=O) groups is 2. The van der Waals surface area contributed by atoms with Crippen LogP contribution in [0.4, 0.5) is 4.39 Å². The van der Waals surface area contributed by atoms with Gasteiger partial charge >= 0.3 is 7.12 Å². The van der Waals surface area contributed by atoms with Gasteiger partial charge in [0.1, 0.15) is 5.82 Å². The molecule has 1 aromatic carbocycles. The summed E-state index contributed by atoms with van der Waals surface area (Å²) in [5.41, 5.74) is -0.143. The summed E-state index contributed by atoms with van der Waals surface area (Å²) >= 11 is 1.11. The van der Waals surface area contributed by atoms with Gasteiger partial charge in [-0.3, -0.25) is 9.59 Å². The van der Waals surface area contributed by atoms with Crippen molar-refractivity contribution in [1.82, 2.24) is 0 Å². The first-order chi connectivity index (χ1) is 11.9. The van der Waals surface area contributed by atoms with Gasteiger partial charge in [-0.15, -0.1) is 0 Å². The molecule has 0 aromatic heterocycles. The number of halogens is 1. The summed E-state index contributed by atoms with van der Waals surface area (Å²) in [6, 6.07) is 4.67. The van der Waals surface area contributed by atoms with Gasteiger partial charge in [0.15, 0.2) is 10.9 Å². The van der Waals surface area contributed by atoms with Crippen molar-refractivity contribution in [2.24, 2.45) is 0 Å². The van der Waals surface area contributed by atoms with E-state index >= 15 is 0 Å². The Bertz CT molecular complexity index is 742. The van der Waals surface area contributed by atoms with Crippen molar-refractivity contribution in [2.75, 3.05) is 5.75 Å². The average Bonchev–Trinajstić information content (AvgIpc) is 2.72. The summed E-state index contributed by atoms with van der Waals surface area (Å²) in [6.07, 6.45) is 1.61. The molecular weight excluding hydrogens is 354 g/mol. The quantitative estimate of drug-likeness (QED) is 0.564. The smallest absolute Gasteiger partial charge is 0.400 e. The van der Waals surface area contributed by atoms with E-state index in [-0.39, 0.29) is 22.0 Å². The maximum Gasteiger partial charge on any atom is 0.491 e. The minimum Gasteiger partial charge on any atom is -0.400 e. The molecule has 1 heterocycles. The Hall–Kier alpha value is -1.44. The Kier molecular flexibility index (Phi) is 6.15. The van der Waals surface area contributed by atoms with Crippen LogP contribution >= 0.6 is 11.8 Å². The van der Waals surface area contributed by atoms with E-state index in [0.717, 1.165) is 11.8 Å². The lowest BCUT2D eigenvalue weighted by Gasteiger charge is -2.32. The molecule has 26 heavy (non-hydrogen) atoms. The number of carbonyl (C=O) groups excluding carboxylic acids is 2. The summed E-state index contributed by atoms with van der Waals surface area (Å²) in [5.74, 6) is -0.606. The summed E-state index contributed by atoms with van der Waals surface area (Å²) in [5, 5.41) is -0.0506. The van der Waals surface area contributed by atoms with E-state index in [1.54, 1.807) is 18.2 Å². The second-order valence-corrected chi connectivity index (χ2v) is 8.50. The molecule has 1 aromatic rings. The maximum atomic E-state index is 14.7. The van der Waals surface area contributed by atoms with E-state index in [0.29, 0.717) is 11.2 Å². The van der Waals surface area contributed by atoms with Gasteiger partial charge in [-0.05, 0) is 46.2 Å². The molecule has 0 N–H and O–H groups in total. The number of benzene rings is 1. The normalized spacial score (nSPS) is 18.9. The van der Waals surface area contributed by atoms with Crippen LogP contribution in [0.15, 0.2) is 23.7 Å². The monoisotopic (exact) mass is 378 g/mol. The predicted molar refractivity (Wildman–Crippen MR) is 104 cm³/mol. The highest BCUT2D eigenvalue weighted by Gasteiger charge is 2.52. The minimum absolute atomic E-state index is 0.0336. The van der Waals surface area contributed by atoms with Gasteiger partial charge < -0.3 is 9.31 Å². The molecule has 0 atom stereocenters. The van der Waals surface area contributed by atoms with Crippen LogP contribution in [0, 0.1) is 5.82 Å². The van der Waals surface area contributed by atoms with E-state index in [1.165, 1.54) is 19.9 Å². The van der Waals surface area contributed by atoms with Crippen LogP contribution in [-0.4, -0.2) is 35.0 Å². The Morgan fingerprint density at radius 2 is 1.73 bits per heavy atom. The standard InChI is InChI=1S/C19H24BFO4S/c1-12(22)16-9-7-8-14(17(16)21)10-15(11-26-13(2)23)20-24-18(3,4)19(5,6)25-20/h7-10H,11H2,1-6H3. The molecule has 2 rings (SSSR count). The lowest BCUT2D eigenvalue weighted by Crippen LogP contribution is -2.41. The Morgan fingerprint density at radius 1 is 1.15 bits per heavy atom. The second-order valence-electron chi connectivity index (χ2n) is 7.35. The van der Waals surface area contributed by atoms with Crippen LogP contribution in [0.2, 0.25) is 0 Å². The fraction of sp³-hybridized carbons (Fsp3) is 0.474. The lowest BCUT2D eigenvalue weighted by atomic mass is 9.78. The predicted octanol–water partition coefficient (Wildman–Crippen LogP) is 4.32. The molecule has 0 unspecified atom stereocenters. The zero-order chi connectivity index (χ0) is 19.7. The van der Waals surface area contributed by atoms with Crippen molar-refractivity contribution in [3.05, 3.63) is 40.6 Å². The Balaban J connectivity index is 2.43. The largest absolute Gasteiger partial charge is 0.491 e. The molecule has 7 heteroatoms. The number of hydrogen-bond donors (Lipinski definition) is 0. The SMILES string of the molecule is CC(=O)SCC(=Cc1cccc(C(C)=O)c1F)B1OC(C)(C)C(C)(C)O1. The van der Waals surface area contributed by atoms with Gasteiger partial charge in [-0.25, -0.2) is 4.39 Å². The van der Waals surface area contributed by atoms with Crippen molar-refractivity contribution >= 4 is 35.9 Å². The second kappa shape index (κ2) is 7.67. The Labute approximate surface area is 158 Å². The highest BCUT2D eigenvalue weighted by molar-refractivity contribution is 8.13. The summed E-state index contributed by atoms with van der Waals surface area (Å²) in [6.45, 7) is 10.5. The van der Waals surface area contributed by atoms with Crippen molar-refractivity contribution in [3.63, 3.8) is 0 Å². The van der Waals surface area contributed by atoms with E-state index in [4.69, 9.17) is 9.31 Å². The van der Waals surface area contributed by atoms with Gasteiger partial charge in [0.05, 0.1) is 16.8 Å². The molecule has 0 aliphatic carbocycles. The highest BCUT2D eigenvalue weighted by Crippen LogP contribution is 2.39. The molecule has 0 saturated carbocycles. The van der Waals surface area contributed by atoms with Crippen molar-refractivity contribution < 1.29 is 23.3 Å². The van der Waals surface area contributed by atoms with Crippen LogP contribution < -0.4 is 0 Å². The number of thioether (sulfide) groups is 1. The van der Waals surface area contributed by atoms with Crippen LogP contribution in [0.3, 0.4) is 0 Å². The molecule has 1 fully saturated rings. The van der Waals surface area contributed by atoms with Gasteiger partial charge in [-0.1, -0.05) is 30.0 Å². The number of Topliss-reactive ketones (excluding diaryl/α,β-unsaturated/α-hetero) is 1. The van der Waals surface area contributed by atoms with E-state index in [9.17, 15) is 14.0 Å². The maximum absolute atomic E-state index is 14.7. The number of ketones is 1. The molecule has 4 nitrogen and oxygen atoms in total. The van der Waals surface area contributed by atoms with Crippen molar-refractivity contribution in [1.29, 1.82) is 0 Å². The Morgan fingerprint density at radius 3 is 2.23 bits per heavy atom. The van der Waals surface area contributed by atoms with Crippen LogP contribution in [-0.2, 0) is 14.1 Å². The summed E-state index contributed by atoms with van der Waals surface area (Å²) in [4.78, 5) is 23.0. The number of rotatable bonds is 5.